The van der Waals surface area contributed by atoms with E-state index in [-0.39, 0.29) is 0 Å². The molecule has 1 heterocycles. The fourth-order valence-electron chi connectivity index (χ4n) is 2.04. The number of nitrogens with zero attached hydrogens (tertiary/aromatic N) is 1. The lowest BCUT2D eigenvalue weighted by Gasteiger charge is -2.26. The molecule has 1 aliphatic rings. The molecular formula is C12H15BrN2. The van der Waals surface area contributed by atoms with E-state index in [4.69, 9.17) is 5.41 Å². The normalized spacial score (nSPS) is 18.3. The molecule has 15 heavy (non-hydrogen) atoms. The first-order valence-corrected chi connectivity index (χ1v) is 6.07. The summed E-state index contributed by atoms with van der Waals surface area (Å²) >= 11 is 3.43. The third-order valence-electron chi connectivity index (χ3n) is 2.98. The van der Waals surface area contributed by atoms with E-state index in [1.165, 1.54) is 5.56 Å². The van der Waals surface area contributed by atoms with Crippen LogP contribution in [0.15, 0.2) is 28.7 Å². The summed E-state index contributed by atoms with van der Waals surface area (Å²) in [7, 11) is 0. The van der Waals surface area contributed by atoms with Gasteiger partial charge in [-0.2, -0.15) is 0 Å². The first-order valence-electron chi connectivity index (χ1n) is 5.28. The van der Waals surface area contributed by atoms with Crippen LogP contribution >= 0.6 is 15.9 Å². The first kappa shape index (κ1) is 10.7. The Morgan fingerprint density at radius 2 is 2.00 bits per heavy atom. The molecule has 1 fully saturated rings. The van der Waals surface area contributed by atoms with Crippen LogP contribution in [0.2, 0.25) is 0 Å². The number of amidine groups is 1. The van der Waals surface area contributed by atoms with Crippen molar-refractivity contribution in [2.45, 2.75) is 25.8 Å². The van der Waals surface area contributed by atoms with E-state index in [0.717, 1.165) is 29.7 Å². The van der Waals surface area contributed by atoms with E-state index in [0.29, 0.717) is 6.04 Å². The van der Waals surface area contributed by atoms with E-state index < -0.39 is 0 Å². The molecule has 1 saturated heterocycles. The number of nitrogens with one attached hydrogen (secondary N) is 1. The third-order valence-corrected chi connectivity index (χ3v) is 3.51. The van der Waals surface area contributed by atoms with Gasteiger partial charge in [0, 0.05) is 17.4 Å². The Balaban J connectivity index is 2.16. The summed E-state index contributed by atoms with van der Waals surface area (Å²) in [4.78, 5) is 2.18. The quantitative estimate of drug-likeness (QED) is 0.871. The molecule has 0 radical (unpaired) electrons. The van der Waals surface area contributed by atoms with Crippen molar-refractivity contribution >= 4 is 21.8 Å². The van der Waals surface area contributed by atoms with Gasteiger partial charge in [0.15, 0.2) is 0 Å². The zero-order chi connectivity index (χ0) is 10.8. The Bertz CT molecular complexity index is 358. The van der Waals surface area contributed by atoms with Crippen molar-refractivity contribution in [2.75, 3.05) is 6.54 Å². The maximum atomic E-state index is 7.84. The summed E-state index contributed by atoms with van der Waals surface area (Å²) in [6.45, 7) is 3.19. The molecule has 0 bridgehead atoms. The summed E-state index contributed by atoms with van der Waals surface area (Å²) in [5.74, 6) is 0.783. The minimum atomic E-state index is 0.327. The number of hydrogen-bond donors (Lipinski definition) is 1. The van der Waals surface area contributed by atoms with Gasteiger partial charge in [0.1, 0.15) is 0 Å². The molecular weight excluding hydrogens is 252 g/mol. The predicted octanol–water partition coefficient (Wildman–Crippen LogP) is 3.58. The molecule has 0 aliphatic carbocycles. The smallest absolute Gasteiger partial charge is 0.0963 e. The van der Waals surface area contributed by atoms with Gasteiger partial charge in [-0.05, 0) is 31.0 Å². The monoisotopic (exact) mass is 266 g/mol. The predicted molar refractivity (Wildman–Crippen MR) is 66.2 cm³/mol. The molecule has 1 unspecified atom stereocenters. The Hall–Kier alpha value is -0.830. The van der Waals surface area contributed by atoms with E-state index in [2.05, 4.69) is 52.0 Å². The van der Waals surface area contributed by atoms with Crippen LogP contribution in [0.25, 0.3) is 0 Å². The van der Waals surface area contributed by atoms with Crippen molar-refractivity contribution in [3.8, 4) is 0 Å². The number of benzene rings is 1. The highest BCUT2D eigenvalue weighted by Crippen LogP contribution is 2.26. The van der Waals surface area contributed by atoms with Crippen LogP contribution < -0.4 is 0 Å². The summed E-state index contributed by atoms with van der Waals surface area (Å²) in [5.41, 5.74) is 1.28. The van der Waals surface area contributed by atoms with E-state index >= 15 is 0 Å². The molecule has 0 spiro atoms. The second kappa shape index (κ2) is 4.35. The number of halogens is 1. The van der Waals surface area contributed by atoms with Crippen molar-refractivity contribution in [3.63, 3.8) is 0 Å². The van der Waals surface area contributed by atoms with Crippen LogP contribution in [0, 0.1) is 5.41 Å². The van der Waals surface area contributed by atoms with E-state index in [9.17, 15) is 0 Å². The average Bonchev–Trinajstić information content (AvgIpc) is 2.65. The fourth-order valence-corrected chi connectivity index (χ4v) is 2.31. The minimum Gasteiger partial charge on any atom is -0.354 e. The maximum Gasteiger partial charge on any atom is 0.0963 e. The molecule has 2 nitrogen and oxygen atoms in total. The van der Waals surface area contributed by atoms with Crippen molar-refractivity contribution in [1.29, 1.82) is 5.41 Å². The SMILES string of the molecule is CC(c1ccc(Br)cc1)N1CCCC1=N. The second-order valence-corrected chi connectivity index (χ2v) is 4.89. The van der Waals surface area contributed by atoms with Gasteiger partial charge in [0.25, 0.3) is 0 Å². The summed E-state index contributed by atoms with van der Waals surface area (Å²) in [6, 6.07) is 8.70. The molecule has 0 amide bonds. The van der Waals surface area contributed by atoms with Gasteiger partial charge >= 0.3 is 0 Å². The van der Waals surface area contributed by atoms with E-state index in [1.54, 1.807) is 0 Å². The fraction of sp³-hybridized carbons (Fsp3) is 0.417. The molecule has 0 saturated carbocycles. The lowest BCUT2D eigenvalue weighted by atomic mass is 10.1. The van der Waals surface area contributed by atoms with Crippen molar-refractivity contribution in [2.24, 2.45) is 0 Å². The summed E-state index contributed by atoms with van der Waals surface area (Å²) in [5, 5.41) is 7.84. The highest BCUT2D eigenvalue weighted by molar-refractivity contribution is 9.10. The second-order valence-electron chi connectivity index (χ2n) is 3.97. The van der Waals surface area contributed by atoms with Crippen LogP contribution in [0.4, 0.5) is 0 Å². The van der Waals surface area contributed by atoms with Crippen LogP contribution in [0.1, 0.15) is 31.4 Å². The van der Waals surface area contributed by atoms with Gasteiger partial charge in [-0.1, -0.05) is 28.1 Å². The number of rotatable bonds is 2. The highest BCUT2D eigenvalue weighted by atomic mass is 79.9. The molecule has 1 aromatic carbocycles. The first-order chi connectivity index (χ1) is 7.18. The lowest BCUT2D eigenvalue weighted by molar-refractivity contribution is 0.362. The van der Waals surface area contributed by atoms with E-state index in [1.807, 2.05) is 0 Å². The van der Waals surface area contributed by atoms with Gasteiger partial charge in [0.05, 0.1) is 11.9 Å². The molecule has 1 aromatic rings. The highest BCUT2D eigenvalue weighted by Gasteiger charge is 2.22. The lowest BCUT2D eigenvalue weighted by Crippen LogP contribution is -2.27. The Morgan fingerprint density at radius 3 is 2.53 bits per heavy atom. The zero-order valence-corrected chi connectivity index (χ0v) is 10.4. The van der Waals surface area contributed by atoms with Crippen LogP contribution in [-0.2, 0) is 0 Å². The molecule has 80 valence electrons. The number of hydrogen-bond acceptors (Lipinski definition) is 1. The van der Waals surface area contributed by atoms with Crippen LogP contribution in [-0.4, -0.2) is 17.3 Å². The largest absolute Gasteiger partial charge is 0.354 e. The Morgan fingerprint density at radius 1 is 1.33 bits per heavy atom. The molecule has 3 heteroatoms. The molecule has 1 atom stereocenters. The summed E-state index contributed by atoms with van der Waals surface area (Å²) < 4.78 is 1.11. The van der Waals surface area contributed by atoms with Crippen molar-refractivity contribution in [3.05, 3.63) is 34.3 Å². The third kappa shape index (κ3) is 2.23. The Kier molecular flexibility index (Phi) is 3.10. The maximum absolute atomic E-state index is 7.84. The van der Waals surface area contributed by atoms with Gasteiger partial charge in [-0.25, -0.2) is 0 Å². The standard InChI is InChI=1S/C12H15BrN2/c1-9(15-8-2-3-12(15)14)10-4-6-11(13)7-5-10/h4-7,9,14H,2-3,8H2,1H3. The van der Waals surface area contributed by atoms with Gasteiger partial charge < -0.3 is 4.90 Å². The van der Waals surface area contributed by atoms with Crippen molar-refractivity contribution < 1.29 is 0 Å². The van der Waals surface area contributed by atoms with Crippen molar-refractivity contribution in [1.82, 2.24) is 4.90 Å². The average molecular weight is 267 g/mol. The minimum absolute atomic E-state index is 0.327. The van der Waals surface area contributed by atoms with Gasteiger partial charge in [-0.15, -0.1) is 0 Å². The molecule has 0 aromatic heterocycles. The molecule has 1 N–H and O–H groups in total. The molecule has 2 rings (SSSR count). The van der Waals surface area contributed by atoms with Crippen LogP contribution in [0.3, 0.4) is 0 Å². The number of likely N-dealkylation sites (tertiary alicyclic amines) is 1. The zero-order valence-electron chi connectivity index (χ0n) is 8.83. The summed E-state index contributed by atoms with van der Waals surface area (Å²) in [6.07, 6.45) is 2.06. The van der Waals surface area contributed by atoms with Crippen LogP contribution in [0.5, 0.6) is 0 Å². The topological polar surface area (TPSA) is 27.1 Å². The van der Waals surface area contributed by atoms with Gasteiger partial charge in [-0.3, -0.25) is 5.41 Å². The van der Waals surface area contributed by atoms with Gasteiger partial charge in [0.2, 0.25) is 0 Å². The Labute approximate surface area is 98.9 Å². The molecule has 1 aliphatic heterocycles.